The van der Waals surface area contributed by atoms with E-state index in [-0.39, 0.29) is 23.9 Å². The molecule has 8 rings (SSSR count). The predicted octanol–water partition coefficient (Wildman–Crippen LogP) is 7.42. The zero-order valence-corrected chi connectivity index (χ0v) is 41.1. The highest BCUT2D eigenvalue weighted by atomic mass is 16.2. The fourth-order valence-electron chi connectivity index (χ4n) is 9.54. The topological polar surface area (TPSA) is 98.7 Å². The first-order chi connectivity index (χ1) is 32.4. The second-order valence-corrected chi connectivity index (χ2v) is 18.6. The van der Waals surface area contributed by atoms with Gasteiger partial charge < -0.3 is 4.90 Å². The normalized spacial score (nSPS) is 17.0. The molecule has 2 aliphatic rings. The summed E-state index contributed by atoms with van der Waals surface area (Å²) in [5, 5.41) is 11.6. The molecule has 0 bridgehead atoms. The Morgan fingerprint density at radius 2 is 0.716 bits per heavy atom. The lowest BCUT2D eigenvalue weighted by Gasteiger charge is -2.40. The lowest BCUT2D eigenvalue weighted by Crippen LogP contribution is -2.55. The first-order valence-electron chi connectivity index (χ1n) is 24.5. The zero-order chi connectivity index (χ0) is 47.3. The van der Waals surface area contributed by atoms with E-state index in [1.54, 1.807) is 13.8 Å². The summed E-state index contributed by atoms with van der Waals surface area (Å²) >= 11 is 0. The molecule has 2 amide bonds. The molecule has 67 heavy (non-hydrogen) atoms. The van der Waals surface area contributed by atoms with Gasteiger partial charge in [0.25, 0.3) is 0 Å². The summed E-state index contributed by atoms with van der Waals surface area (Å²) in [7, 11) is 0. The molecule has 0 saturated carbocycles. The summed E-state index contributed by atoms with van der Waals surface area (Å²) in [6.45, 7) is 27.9. The third kappa shape index (κ3) is 13.8. The summed E-state index contributed by atoms with van der Waals surface area (Å²) in [6, 6.07) is 38.5. The van der Waals surface area contributed by atoms with Gasteiger partial charge in [0.15, 0.2) is 0 Å². The number of amides is 2. The average molecular weight is 908 g/mol. The number of hydrogen-bond donors (Lipinski definition) is 0. The molecule has 0 unspecified atom stereocenters. The molecule has 356 valence electrons. The molecule has 2 saturated heterocycles. The van der Waals surface area contributed by atoms with Crippen LogP contribution >= 0.6 is 0 Å². The Kier molecular flexibility index (Phi) is 17.8. The number of carbonyl (C=O) groups excluding carboxylic acids is 2. The van der Waals surface area contributed by atoms with Crippen LogP contribution in [0.2, 0.25) is 0 Å². The molecule has 2 fully saturated rings. The van der Waals surface area contributed by atoms with Crippen molar-refractivity contribution in [2.45, 2.75) is 80.2 Å². The molecule has 0 spiro atoms. The molecule has 0 aliphatic carbocycles. The minimum Gasteiger partial charge on any atom is -0.301 e. The Hall–Kier alpha value is -5.41. The SMILES string of the molecule is CCN1CCN(N(C(C)=O)C(C)C)CCN(N(C(C)=O)C(C)C)CC1.c1ccc2nc(CN3CCN(Cc4ccc5ccccc5n4)CCN(Cc4ccc5ccccc5n4)CC3)ccc2c1. The van der Waals surface area contributed by atoms with E-state index in [9.17, 15) is 9.59 Å². The van der Waals surface area contributed by atoms with E-state index in [0.717, 1.165) is 138 Å². The summed E-state index contributed by atoms with van der Waals surface area (Å²) in [6.07, 6.45) is 0. The van der Waals surface area contributed by atoms with Crippen LogP contribution in [0.25, 0.3) is 32.7 Å². The summed E-state index contributed by atoms with van der Waals surface area (Å²) in [5.74, 6) is 0.132. The van der Waals surface area contributed by atoms with Gasteiger partial charge in [0.2, 0.25) is 11.8 Å². The molecule has 5 heterocycles. The highest BCUT2D eigenvalue weighted by Gasteiger charge is 2.28. The van der Waals surface area contributed by atoms with E-state index >= 15 is 0 Å². The average Bonchev–Trinajstić information content (AvgIpc) is 3.47. The third-order valence-corrected chi connectivity index (χ3v) is 13.0. The van der Waals surface area contributed by atoms with Gasteiger partial charge in [0.1, 0.15) is 0 Å². The molecule has 0 N–H and O–H groups in total. The number of hydrazine groups is 2. The Morgan fingerprint density at radius 1 is 0.433 bits per heavy atom. The van der Waals surface area contributed by atoms with Crippen molar-refractivity contribution in [1.29, 1.82) is 0 Å². The minimum atomic E-state index is 0.0659. The molecule has 2 aliphatic heterocycles. The molecule has 3 aromatic heterocycles. The summed E-state index contributed by atoms with van der Waals surface area (Å²) in [5.41, 5.74) is 6.56. The highest BCUT2D eigenvalue weighted by molar-refractivity contribution is 5.80. The van der Waals surface area contributed by atoms with E-state index in [1.807, 2.05) is 37.7 Å². The number of pyridine rings is 3. The predicted molar refractivity (Wildman–Crippen MR) is 272 cm³/mol. The maximum absolute atomic E-state index is 12.1. The molecule has 13 nitrogen and oxygen atoms in total. The van der Waals surface area contributed by atoms with Gasteiger partial charge in [0.05, 0.1) is 33.6 Å². The quantitative estimate of drug-likeness (QED) is 0.130. The van der Waals surface area contributed by atoms with Crippen molar-refractivity contribution in [3.8, 4) is 0 Å². The fraction of sp³-hybridized carbons (Fsp3) is 0.463. The van der Waals surface area contributed by atoms with E-state index in [0.29, 0.717) is 0 Å². The number of benzene rings is 3. The van der Waals surface area contributed by atoms with Crippen molar-refractivity contribution >= 4 is 44.5 Å². The molecule has 0 radical (unpaired) electrons. The van der Waals surface area contributed by atoms with Gasteiger partial charge in [-0.3, -0.25) is 49.3 Å². The third-order valence-electron chi connectivity index (χ3n) is 13.0. The molecule has 13 heteroatoms. The van der Waals surface area contributed by atoms with E-state index in [2.05, 4.69) is 146 Å². The smallest absolute Gasteiger partial charge is 0.233 e. The molecule has 0 atom stereocenters. The first kappa shape index (κ1) is 49.5. The second-order valence-electron chi connectivity index (χ2n) is 18.6. The zero-order valence-electron chi connectivity index (χ0n) is 41.1. The standard InChI is InChI=1S/C36H36N6.C18H37N5O2/c1-4-10-34-28(7-1)13-16-31(37-34)25-40-19-21-41(26-32-17-14-29-8-2-5-11-35(29)38-32)23-24-42(22-20-40)27-33-18-15-30-9-3-6-12-36(30)39-33;1-8-19-9-11-20(22(15(2)3)17(6)24)13-14-21(12-10-19)23(16(4)5)18(7)25/h1-18H,19-27H2;15-16H,8-14H2,1-7H3. The number of fused-ring (bicyclic) bond motifs is 3. The Labute approximate surface area is 398 Å². The Bertz CT molecular complexity index is 2270. The highest BCUT2D eigenvalue weighted by Crippen LogP contribution is 2.18. The van der Waals surface area contributed by atoms with E-state index < -0.39 is 0 Å². The molecule has 3 aromatic carbocycles. The summed E-state index contributed by atoms with van der Waals surface area (Å²) < 4.78 is 0. The monoisotopic (exact) mass is 908 g/mol. The van der Waals surface area contributed by atoms with Crippen molar-refractivity contribution < 1.29 is 9.59 Å². The Morgan fingerprint density at radius 3 is 1.00 bits per heavy atom. The van der Waals surface area contributed by atoms with Crippen LogP contribution in [0.3, 0.4) is 0 Å². The van der Waals surface area contributed by atoms with Crippen LogP contribution in [0.5, 0.6) is 0 Å². The van der Waals surface area contributed by atoms with Crippen molar-refractivity contribution in [2.75, 3.05) is 85.1 Å². The number of nitrogens with zero attached hydrogens (tertiary/aromatic N) is 11. The van der Waals surface area contributed by atoms with Gasteiger partial charge in [-0.25, -0.2) is 10.0 Å². The van der Waals surface area contributed by atoms with Crippen molar-refractivity contribution in [2.24, 2.45) is 0 Å². The number of carbonyl (C=O) groups is 2. The lowest BCUT2D eigenvalue weighted by molar-refractivity contribution is -0.159. The maximum atomic E-state index is 12.1. The molecular formula is C54H73N11O2. The van der Waals surface area contributed by atoms with Crippen LogP contribution in [0.4, 0.5) is 0 Å². The number of para-hydroxylation sites is 3. The second kappa shape index (κ2) is 24.0. The largest absolute Gasteiger partial charge is 0.301 e. The van der Waals surface area contributed by atoms with Crippen molar-refractivity contribution in [1.82, 2.24) is 54.6 Å². The lowest BCUT2D eigenvalue weighted by atomic mass is 10.2. The number of aromatic nitrogens is 3. The number of likely N-dealkylation sites (N-methyl/N-ethyl adjacent to an activating group) is 1. The van der Waals surface area contributed by atoms with Crippen LogP contribution in [-0.2, 0) is 29.2 Å². The number of rotatable bonds is 11. The fourth-order valence-corrected chi connectivity index (χ4v) is 9.54. The van der Waals surface area contributed by atoms with E-state index in [1.165, 1.54) is 16.2 Å². The van der Waals surface area contributed by atoms with Gasteiger partial charge in [-0.1, -0.05) is 79.7 Å². The Balaban J connectivity index is 0.000000230. The summed E-state index contributed by atoms with van der Waals surface area (Å²) in [4.78, 5) is 49.3. The number of hydrogen-bond acceptors (Lipinski definition) is 11. The van der Waals surface area contributed by atoms with Crippen LogP contribution in [-0.4, -0.2) is 164 Å². The van der Waals surface area contributed by atoms with Crippen LogP contribution < -0.4 is 0 Å². The van der Waals surface area contributed by atoms with Crippen LogP contribution in [0.1, 0.15) is 65.5 Å². The molecule has 6 aromatic rings. The minimum absolute atomic E-state index is 0.0659. The van der Waals surface area contributed by atoms with E-state index in [4.69, 9.17) is 15.0 Å². The van der Waals surface area contributed by atoms with Gasteiger partial charge in [0, 0.05) is 140 Å². The van der Waals surface area contributed by atoms with Crippen molar-refractivity contribution in [3.05, 3.63) is 126 Å². The van der Waals surface area contributed by atoms with Crippen LogP contribution in [0, 0.1) is 0 Å². The van der Waals surface area contributed by atoms with Crippen molar-refractivity contribution in [3.63, 3.8) is 0 Å². The maximum Gasteiger partial charge on any atom is 0.233 e. The van der Waals surface area contributed by atoms with Gasteiger partial charge >= 0.3 is 0 Å². The first-order valence-corrected chi connectivity index (χ1v) is 24.5. The van der Waals surface area contributed by atoms with Gasteiger partial charge in [-0.15, -0.1) is 0 Å². The van der Waals surface area contributed by atoms with Gasteiger partial charge in [-0.2, -0.15) is 0 Å². The van der Waals surface area contributed by atoms with Crippen LogP contribution in [0.15, 0.2) is 109 Å². The molecular weight excluding hydrogens is 835 g/mol. The van der Waals surface area contributed by atoms with Gasteiger partial charge in [-0.05, 0) is 70.6 Å².